The minimum atomic E-state index is -0.438. The molecule has 0 aliphatic rings. The Kier molecular flexibility index (Phi) is 4.34. The second-order valence-electron chi connectivity index (χ2n) is 3.59. The topological polar surface area (TPSA) is 29.1 Å². The minimum absolute atomic E-state index is 0.184. The van der Waals surface area contributed by atoms with Gasteiger partial charge in [-0.1, -0.05) is 15.9 Å². The predicted octanol–water partition coefficient (Wildman–Crippen LogP) is 4.45. The Bertz CT molecular complexity index is 586. The van der Waals surface area contributed by atoms with E-state index in [4.69, 9.17) is 0 Å². The summed E-state index contributed by atoms with van der Waals surface area (Å²) in [5, 5.41) is 2.54. The molecule has 0 aliphatic carbocycles. The summed E-state index contributed by atoms with van der Waals surface area (Å²) in [6.45, 7) is 0. The van der Waals surface area contributed by atoms with Crippen LogP contribution in [0.2, 0.25) is 0 Å². The largest absolute Gasteiger partial charge is 0.319 e. The second kappa shape index (κ2) is 5.79. The first kappa shape index (κ1) is 13.5. The lowest BCUT2D eigenvalue weighted by Gasteiger charge is -2.06. The van der Waals surface area contributed by atoms with E-state index in [0.717, 1.165) is 8.04 Å². The van der Waals surface area contributed by atoms with E-state index in [1.807, 2.05) is 22.6 Å². The Balaban J connectivity index is 2.18. The van der Waals surface area contributed by atoms with E-state index in [0.29, 0.717) is 5.56 Å². The van der Waals surface area contributed by atoms with E-state index in [1.54, 1.807) is 36.4 Å². The molecule has 0 fully saturated rings. The third-order valence-corrected chi connectivity index (χ3v) is 3.49. The van der Waals surface area contributed by atoms with Crippen LogP contribution >= 0.6 is 38.5 Å². The molecule has 5 heteroatoms. The fourth-order valence-corrected chi connectivity index (χ4v) is 2.10. The quantitative estimate of drug-likeness (QED) is 0.716. The van der Waals surface area contributed by atoms with Crippen molar-refractivity contribution in [3.8, 4) is 0 Å². The van der Waals surface area contributed by atoms with Gasteiger partial charge in [0.2, 0.25) is 0 Å². The molecule has 0 bridgehead atoms. The zero-order valence-corrected chi connectivity index (χ0v) is 12.8. The molecule has 0 heterocycles. The molecule has 92 valence electrons. The molecule has 1 amide bonds. The van der Waals surface area contributed by atoms with Crippen LogP contribution in [0.15, 0.2) is 46.9 Å². The molecule has 0 spiro atoms. The molecule has 0 unspecified atom stereocenters. The van der Waals surface area contributed by atoms with E-state index >= 15 is 0 Å². The van der Waals surface area contributed by atoms with Crippen LogP contribution in [0.1, 0.15) is 10.4 Å². The van der Waals surface area contributed by atoms with E-state index in [2.05, 4.69) is 21.2 Å². The Morgan fingerprint density at radius 2 is 1.83 bits per heavy atom. The highest BCUT2D eigenvalue weighted by atomic mass is 127. The maximum absolute atomic E-state index is 13.6. The molecular weight excluding hydrogens is 412 g/mol. The lowest BCUT2D eigenvalue weighted by Crippen LogP contribution is -2.12. The van der Waals surface area contributed by atoms with Crippen LogP contribution in [0.3, 0.4) is 0 Å². The number of hydrogen-bond acceptors (Lipinski definition) is 1. The maximum Gasteiger partial charge on any atom is 0.255 e. The van der Waals surface area contributed by atoms with Crippen molar-refractivity contribution in [3.05, 3.63) is 61.9 Å². The number of nitrogens with one attached hydrogen (secondary N) is 1. The van der Waals surface area contributed by atoms with Crippen molar-refractivity contribution < 1.29 is 9.18 Å². The summed E-state index contributed by atoms with van der Waals surface area (Å²) in [5.41, 5.74) is 0.666. The molecule has 0 radical (unpaired) electrons. The number of amides is 1. The van der Waals surface area contributed by atoms with Crippen molar-refractivity contribution in [1.82, 2.24) is 0 Å². The van der Waals surface area contributed by atoms with Crippen LogP contribution in [-0.4, -0.2) is 5.91 Å². The molecule has 0 atom stereocenters. The van der Waals surface area contributed by atoms with Crippen molar-refractivity contribution in [2.75, 3.05) is 5.32 Å². The van der Waals surface area contributed by atoms with Gasteiger partial charge in [0.25, 0.3) is 5.91 Å². The summed E-state index contributed by atoms with van der Waals surface area (Å²) in [5.74, 6) is -0.769. The SMILES string of the molecule is O=C(Nc1ccc(I)cc1F)c1ccc(Br)cc1. The van der Waals surface area contributed by atoms with E-state index in [9.17, 15) is 9.18 Å². The Labute approximate surface area is 126 Å². The van der Waals surface area contributed by atoms with Gasteiger partial charge in [-0.25, -0.2) is 4.39 Å². The van der Waals surface area contributed by atoms with Crippen molar-refractivity contribution in [2.24, 2.45) is 0 Å². The summed E-state index contributed by atoms with van der Waals surface area (Å²) in [6, 6.07) is 11.5. The van der Waals surface area contributed by atoms with Gasteiger partial charge in [0.1, 0.15) is 5.82 Å². The van der Waals surface area contributed by atoms with Gasteiger partial charge in [0, 0.05) is 13.6 Å². The smallest absolute Gasteiger partial charge is 0.255 e. The highest BCUT2D eigenvalue weighted by molar-refractivity contribution is 14.1. The zero-order valence-electron chi connectivity index (χ0n) is 9.08. The van der Waals surface area contributed by atoms with E-state index in [1.165, 1.54) is 6.07 Å². The van der Waals surface area contributed by atoms with Gasteiger partial charge >= 0.3 is 0 Å². The fourth-order valence-electron chi connectivity index (χ4n) is 1.39. The van der Waals surface area contributed by atoms with Crippen LogP contribution in [-0.2, 0) is 0 Å². The first-order valence-electron chi connectivity index (χ1n) is 5.08. The Morgan fingerprint density at radius 1 is 1.17 bits per heavy atom. The number of anilines is 1. The van der Waals surface area contributed by atoms with Gasteiger partial charge in [-0.05, 0) is 65.1 Å². The van der Waals surface area contributed by atoms with Gasteiger partial charge in [0.15, 0.2) is 0 Å². The monoisotopic (exact) mass is 419 g/mol. The third kappa shape index (κ3) is 3.29. The zero-order chi connectivity index (χ0) is 13.1. The lowest BCUT2D eigenvalue weighted by atomic mass is 10.2. The van der Waals surface area contributed by atoms with Crippen molar-refractivity contribution >= 4 is 50.1 Å². The number of carbonyl (C=O) groups is 1. The summed E-state index contributed by atoms with van der Waals surface area (Å²) in [4.78, 5) is 11.9. The molecule has 0 saturated carbocycles. The van der Waals surface area contributed by atoms with Gasteiger partial charge in [-0.2, -0.15) is 0 Å². The predicted molar refractivity (Wildman–Crippen MR) is 81.2 cm³/mol. The lowest BCUT2D eigenvalue weighted by molar-refractivity contribution is 0.102. The normalized spacial score (nSPS) is 10.2. The number of hydrogen-bond donors (Lipinski definition) is 1. The van der Waals surface area contributed by atoms with Crippen molar-refractivity contribution in [1.29, 1.82) is 0 Å². The molecule has 0 saturated heterocycles. The first-order valence-corrected chi connectivity index (χ1v) is 6.95. The van der Waals surface area contributed by atoms with Gasteiger partial charge < -0.3 is 5.32 Å². The highest BCUT2D eigenvalue weighted by Crippen LogP contribution is 2.18. The van der Waals surface area contributed by atoms with Crippen molar-refractivity contribution in [2.45, 2.75) is 0 Å². The molecule has 2 aromatic rings. The molecule has 0 aliphatic heterocycles. The second-order valence-corrected chi connectivity index (χ2v) is 5.75. The van der Waals surface area contributed by atoms with Gasteiger partial charge in [-0.15, -0.1) is 0 Å². The summed E-state index contributed by atoms with van der Waals surface area (Å²) >= 11 is 5.30. The molecule has 0 aromatic heterocycles. The van der Waals surface area contributed by atoms with Crippen LogP contribution < -0.4 is 5.32 Å². The summed E-state index contributed by atoms with van der Waals surface area (Å²) in [6.07, 6.45) is 0. The maximum atomic E-state index is 13.6. The standard InChI is InChI=1S/C13H8BrFINO/c14-9-3-1-8(2-4-9)13(18)17-12-6-5-10(16)7-11(12)15/h1-7H,(H,17,18). The molecule has 2 aromatic carbocycles. The summed E-state index contributed by atoms with van der Waals surface area (Å²) in [7, 11) is 0. The third-order valence-electron chi connectivity index (χ3n) is 2.29. The average molecular weight is 420 g/mol. The highest BCUT2D eigenvalue weighted by Gasteiger charge is 2.09. The Morgan fingerprint density at radius 3 is 2.44 bits per heavy atom. The molecule has 18 heavy (non-hydrogen) atoms. The Hall–Kier alpha value is -0.950. The van der Waals surface area contributed by atoms with Crippen LogP contribution in [0.25, 0.3) is 0 Å². The van der Waals surface area contributed by atoms with Gasteiger partial charge in [0.05, 0.1) is 5.69 Å². The van der Waals surface area contributed by atoms with E-state index in [-0.39, 0.29) is 11.6 Å². The van der Waals surface area contributed by atoms with E-state index < -0.39 is 5.82 Å². The van der Waals surface area contributed by atoms with Crippen LogP contribution in [0.5, 0.6) is 0 Å². The van der Waals surface area contributed by atoms with Gasteiger partial charge in [-0.3, -0.25) is 4.79 Å². The average Bonchev–Trinajstić information content (AvgIpc) is 2.33. The summed E-state index contributed by atoms with van der Waals surface area (Å²) < 4.78 is 15.2. The van der Waals surface area contributed by atoms with Crippen molar-refractivity contribution in [3.63, 3.8) is 0 Å². The first-order chi connectivity index (χ1) is 8.56. The molecule has 1 N–H and O–H groups in total. The molecule has 2 rings (SSSR count). The number of rotatable bonds is 2. The molecular formula is C13H8BrFINO. The van der Waals surface area contributed by atoms with Crippen LogP contribution in [0.4, 0.5) is 10.1 Å². The minimum Gasteiger partial charge on any atom is -0.319 e. The number of carbonyl (C=O) groups excluding carboxylic acids is 1. The number of benzene rings is 2. The fraction of sp³-hybridized carbons (Fsp3) is 0. The number of halogens is 3. The van der Waals surface area contributed by atoms with Crippen LogP contribution in [0, 0.1) is 9.39 Å². The molecule has 2 nitrogen and oxygen atoms in total.